The van der Waals surface area contributed by atoms with E-state index in [0.29, 0.717) is 0 Å². The van der Waals surface area contributed by atoms with Crippen molar-refractivity contribution >= 4 is 5.97 Å². The van der Waals surface area contributed by atoms with Crippen molar-refractivity contribution in [2.24, 2.45) is 5.73 Å². The lowest BCUT2D eigenvalue weighted by Crippen LogP contribution is -2.33. The van der Waals surface area contributed by atoms with Gasteiger partial charge in [0.2, 0.25) is 0 Å². The smallest absolute Gasteiger partial charge is 0.320 e. The van der Waals surface area contributed by atoms with Crippen LogP contribution in [0.25, 0.3) is 0 Å². The quantitative estimate of drug-likeness (QED) is 0.808. The fraction of sp³-hybridized carbons (Fsp3) is 0.300. The van der Waals surface area contributed by atoms with E-state index in [4.69, 9.17) is 10.8 Å². The third-order valence-corrected chi connectivity index (χ3v) is 2.11. The molecule has 1 aromatic carbocycles. The maximum atomic E-state index is 13.5. The van der Waals surface area contributed by atoms with Gasteiger partial charge in [0.1, 0.15) is 11.9 Å². The highest BCUT2D eigenvalue weighted by atomic mass is 19.1. The van der Waals surface area contributed by atoms with Gasteiger partial charge in [-0.3, -0.25) is 4.79 Å². The minimum absolute atomic E-state index is 0.144. The molecule has 0 fully saturated rings. The first-order chi connectivity index (χ1) is 7.47. The molecule has 0 aliphatic carbocycles. The van der Waals surface area contributed by atoms with E-state index >= 15 is 0 Å². The summed E-state index contributed by atoms with van der Waals surface area (Å²) in [5.41, 5.74) is 4.82. The Balaban J connectivity index is 3.07. The van der Waals surface area contributed by atoms with Gasteiger partial charge in [0.05, 0.1) is 7.11 Å². The van der Waals surface area contributed by atoms with Gasteiger partial charge in [0.25, 0.3) is 0 Å². The number of benzene rings is 1. The second-order valence-electron chi connectivity index (χ2n) is 3.19. The highest BCUT2D eigenvalue weighted by Gasteiger charge is 2.20. The first-order valence-electron chi connectivity index (χ1n) is 4.46. The lowest BCUT2D eigenvalue weighted by atomic mass is 10.0. The molecular formula is C10H11F2NO3. The standard InChI is InChI=1S/C10H11F2NO3/c1-16-8-3-2-6(11)5(9(8)12)4-7(13)10(14)15/h2-3,7H,4,13H2,1H3,(H,14,15). The van der Waals surface area contributed by atoms with Crippen LogP contribution in [-0.2, 0) is 11.2 Å². The maximum Gasteiger partial charge on any atom is 0.320 e. The average Bonchev–Trinajstić information content (AvgIpc) is 2.24. The van der Waals surface area contributed by atoms with Crippen molar-refractivity contribution in [2.45, 2.75) is 12.5 Å². The van der Waals surface area contributed by atoms with Crippen molar-refractivity contribution in [1.29, 1.82) is 0 Å². The van der Waals surface area contributed by atoms with Crippen molar-refractivity contribution in [3.63, 3.8) is 0 Å². The van der Waals surface area contributed by atoms with Gasteiger partial charge >= 0.3 is 5.97 Å². The molecule has 16 heavy (non-hydrogen) atoms. The second-order valence-corrected chi connectivity index (χ2v) is 3.19. The number of halogens is 2. The molecule has 0 bridgehead atoms. The molecule has 1 atom stereocenters. The summed E-state index contributed by atoms with van der Waals surface area (Å²) in [6.45, 7) is 0. The second kappa shape index (κ2) is 4.89. The summed E-state index contributed by atoms with van der Waals surface area (Å²) in [4.78, 5) is 10.5. The molecule has 0 saturated carbocycles. The minimum atomic E-state index is -1.35. The molecule has 0 heterocycles. The van der Waals surface area contributed by atoms with Crippen molar-refractivity contribution in [3.8, 4) is 5.75 Å². The summed E-state index contributed by atoms with van der Waals surface area (Å²) in [7, 11) is 1.23. The Hall–Kier alpha value is -1.69. The van der Waals surface area contributed by atoms with Gasteiger partial charge in [-0.25, -0.2) is 8.78 Å². The summed E-state index contributed by atoms with van der Waals surface area (Å²) in [5, 5.41) is 8.55. The minimum Gasteiger partial charge on any atom is -0.494 e. The molecule has 3 N–H and O–H groups in total. The summed E-state index contributed by atoms with van der Waals surface area (Å²) >= 11 is 0. The van der Waals surface area contributed by atoms with E-state index in [1.807, 2.05) is 0 Å². The molecule has 0 spiro atoms. The molecule has 1 rings (SSSR count). The summed E-state index contributed by atoms with van der Waals surface area (Å²) in [6.07, 6.45) is -0.426. The van der Waals surface area contributed by atoms with Crippen LogP contribution in [0.4, 0.5) is 8.78 Å². The first kappa shape index (κ1) is 12.4. The topological polar surface area (TPSA) is 72.5 Å². The Kier molecular flexibility index (Phi) is 3.78. The van der Waals surface area contributed by atoms with Crippen LogP contribution in [0.2, 0.25) is 0 Å². The van der Waals surface area contributed by atoms with Gasteiger partial charge in [0, 0.05) is 12.0 Å². The third-order valence-electron chi connectivity index (χ3n) is 2.11. The Morgan fingerprint density at radius 1 is 1.56 bits per heavy atom. The van der Waals surface area contributed by atoms with Crippen LogP contribution in [-0.4, -0.2) is 24.2 Å². The zero-order valence-corrected chi connectivity index (χ0v) is 8.54. The maximum absolute atomic E-state index is 13.5. The van der Waals surface area contributed by atoms with Gasteiger partial charge in [-0.05, 0) is 12.1 Å². The third kappa shape index (κ3) is 2.46. The zero-order valence-electron chi connectivity index (χ0n) is 8.54. The van der Waals surface area contributed by atoms with Crippen LogP contribution >= 0.6 is 0 Å². The number of carboxylic acid groups (broad SMARTS) is 1. The number of methoxy groups -OCH3 is 1. The van der Waals surface area contributed by atoms with Gasteiger partial charge in [-0.2, -0.15) is 0 Å². The van der Waals surface area contributed by atoms with E-state index in [-0.39, 0.29) is 11.3 Å². The van der Waals surface area contributed by atoms with Crippen LogP contribution in [0.3, 0.4) is 0 Å². The van der Waals surface area contributed by atoms with E-state index < -0.39 is 30.1 Å². The number of carboxylic acids is 1. The number of ether oxygens (including phenoxy) is 1. The lowest BCUT2D eigenvalue weighted by Gasteiger charge is -2.10. The predicted molar refractivity (Wildman–Crippen MR) is 52.2 cm³/mol. The summed E-state index contributed by atoms with van der Waals surface area (Å²) in [5.74, 6) is -3.22. The Morgan fingerprint density at radius 2 is 2.19 bits per heavy atom. The van der Waals surface area contributed by atoms with Gasteiger partial charge in [0.15, 0.2) is 11.6 Å². The molecule has 4 nitrogen and oxygen atoms in total. The predicted octanol–water partition coefficient (Wildman–Crippen LogP) is 0.928. The van der Waals surface area contributed by atoms with Gasteiger partial charge in [-0.15, -0.1) is 0 Å². The molecule has 1 unspecified atom stereocenters. The molecule has 0 aliphatic heterocycles. The molecule has 0 amide bonds. The molecule has 6 heteroatoms. The lowest BCUT2D eigenvalue weighted by molar-refractivity contribution is -0.138. The Labute approximate surface area is 90.6 Å². The molecule has 0 saturated heterocycles. The molecular weight excluding hydrogens is 220 g/mol. The van der Waals surface area contributed by atoms with E-state index in [9.17, 15) is 13.6 Å². The fourth-order valence-corrected chi connectivity index (χ4v) is 1.23. The number of hydrogen-bond donors (Lipinski definition) is 2. The van der Waals surface area contributed by atoms with E-state index in [2.05, 4.69) is 4.74 Å². The van der Waals surface area contributed by atoms with Crippen molar-refractivity contribution in [3.05, 3.63) is 29.3 Å². The number of hydrogen-bond acceptors (Lipinski definition) is 3. The summed E-state index contributed by atoms with van der Waals surface area (Å²) < 4.78 is 31.4. The largest absolute Gasteiger partial charge is 0.494 e. The number of rotatable bonds is 4. The van der Waals surface area contributed by atoms with Crippen LogP contribution < -0.4 is 10.5 Å². The van der Waals surface area contributed by atoms with E-state index in [1.165, 1.54) is 7.11 Å². The SMILES string of the molecule is COc1ccc(F)c(CC(N)C(=O)O)c1F. The van der Waals surface area contributed by atoms with Gasteiger partial charge in [-0.1, -0.05) is 0 Å². The number of aliphatic carboxylic acids is 1. The fourth-order valence-electron chi connectivity index (χ4n) is 1.23. The zero-order chi connectivity index (χ0) is 12.3. The molecule has 1 aromatic rings. The van der Waals surface area contributed by atoms with Crippen molar-refractivity contribution < 1.29 is 23.4 Å². The van der Waals surface area contributed by atoms with Crippen LogP contribution in [0.5, 0.6) is 5.75 Å². The normalized spacial score (nSPS) is 12.2. The molecule has 0 radical (unpaired) electrons. The van der Waals surface area contributed by atoms with E-state index in [0.717, 1.165) is 12.1 Å². The van der Waals surface area contributed by atoms with Crippen LogP contribution in [0.1, 0.15) is 5.56 Å². The van der Waals surface area contributed by atoms with Gasteiger partial charge < -0.3 is 15.6 Å². The van der Waals surface area contributed by atoms with E-state index in [1.54, 1.807) is 0 Å². The number of nitrogens with two attached hydrogens (primary N) is 1. The molecule has 0 aliphatic rings. The van der Waals surface area contributed by atoms with Crippen LogP contribution in [0.15, 0.2) is 12.1 Å². The van der Waals surface area contributed by atoms with Crippen molar-refractivity contribution in [1.82, 2.24) is 0 Å². The molecule has 88 valence electrons. The average molecular weight is 231 g/mol. The van der Waals surface area contributed by atoms with Crippen LogP contribution in [0, 0.1) is 11.6 Å². The highest BCUT2D eigenvalue weighted by Crippen LogP contribution is 2.23. The summed E-state index contributed by atoms with van der Waals surface area (Å²) in [6, 6.07) is 0.780. The monoisotopic (exact) mass is 231 g/mol. The highest BCUT2D eigenvalue weighted by molar-refractivity contribution is 5.73. The Bertz CT molecular complexity index is 409. The Morgan fingerprint density at radius 3 is 2.69 bits per heavy atom. The molecule has 0 aromatic heterocycles. The number of carbonyl (C=O) groups is 1. The van der Waals surface area contributed by atoms with Crippen molar-refractivity contribution in [2.75, 3.05) is 7.11 Å². The first-order valence-corrected chi connectivity index (χ1v) is 4.46.